The Labute approximate surface area is 150 Å². The van der Waals surface area contributed by atoms with Crippen LogP contribution in [0.4, 0.5) is 13.2 Å². The number of thiophene rings is 1. The van der Waals surface area contributed by atoms with Gasteiger partial charge in [-0.25, -0.2) is 0 Å². The van der Waals surface area contributed by atoms with Crippen LogP contribution in [0.2, 0.25) is 0 Å². The third-order valence-corrected chi connectivity index (χ3v) is 3.66. The zero-order valence-corrected chi connectivity index (χ0v) is 15.7. The van der Waals surface area contributed by atoms with Gasteiger partial charge in [0.05, 0.1) is 0 Å². The maximum atomic E-state index is 12.0. The lowest BCUT2D eigenvalue weighted by atomic mass is 10.2. The predicted octanol–water partition coefficient (Wildman–Crippen LogP) is 4.20. The average molecular weight is 449 g/mol. The van der Waals surface area contributed by atoms with E-state index in [-0.39, 0.29) is 30.4 Å². The monoisotopic (exact) mass is 449 g/mol. The highest BCUT2D eigenvalue weighted by atomic mass is 127. The number of alkyl halides is 3. The molecule has 0 aliphatic heterocycles. The van der Waals surface area contributed by atoms with Crippen molar-refractivity contribution in [3.05, 3.63) is 22.4 Å². The third kappa shape index (κ3) is 11.1. The smallest absolute Gasteiger partial charge is 0.357 e. The molecular weight excluding hydrogens is 426 g/mol. The van der Waals surface area contributed by atoms with E-state index in [0.29, 0.717) is 18.9 Å². The van der Waals surface area contributed by atoms with Gasteiger partial charge >= 0.3 is 6.18 Å². The van der Waals surface area contributed by atoms with Gasteiger partial charge in [-0.2, -0.15) is 13.2 Å². The highest BCUT2D eigenvalue weighted by Crippen LogP contribution is 2.21. The minimum absolute atomic E-state index is 0. The Hall–Kier alpha value is -0.510. The Bertz CT molecular complexity index is 408. The number of halogens is 4. The number of guanidine groups is 1. The quantitative estimate of drug-likeness (QED) is 0.270. The molecule has 0 unspecified atom stereocenters. The molecule has 0 atom stereocenters. The topological polar surface area (TPSA) is 36.4 Å². The first kappa shape index (κ1) is 21.5. The molecular formula is C14H23F3IN3S. The van der Waals surface area contributed by atoms with E-state index >= 15 is 0 Å². The fraction of sp³-hybridized carbons (Fsp3) is 0.643. The molecule has 1 aromatic rings. The highest BCUT2D eigenvalue weighted by molar-refractivity contribution is 14.0. The van der Waals surface area contributed by atoms with Crippen molar-refractivity contribution in [2.45, 2.75) is 38.8 Å². The van der Waals surface area contributed by atoms with Crippen molar-refractivity contribution in [1.82, 2.24) is 10.6 Å². The molecule has 0 bridgehead atoms. The van der Waals surface area contributed by atoms with E-state index < -0.39 is 12.6 Å². The zero-order chi connectivity index (χ0) is 15.6. The molecule has 0 aliphatic rings. The molecule has 0 spiro atoms. The lowest BCUT2D eigenvalue weighted by molar-refractivity contribution is -0.135. The zero-order valence-electron chi connectivity index (χ0n) is 12.6. The van der Waals surface area contributed by atoms with Gasteiger partial charge in [-0.05, 0) is 37.6 Å². The number of hydrogen-bond donors (Lipinski definition) is 2. The summed E-state index contributed by atoms with van der Waals surface area (Å²) in [6.07, 6.45) is -3.31. The predicted molar refractivity (Wildman–Crippen MR) is 97.3 cm³/mol. The number of hydrogen-bond acceptors (Lipinski definition) is 2. The van der Waals surface area contributed by atoms with Gasteiger partial charge in [-0.1, -0.05) is 6.07 Å². The Morgan fingerprint density at radius 2 is 2.05 bits per heavy atom. The first-order valence-corrected chi connectivity index (χ1v) is 8.00. The van der Waals surface area contributed by atoms with Crippen LogP contribution >= 0.6 is 35.3 Å². The summed E-state index contributed by atoms with van der Waals surface area (Å²) in [5.74, 6) is 0.668. The van der Waals surface area contributed by atoms with E-state index in [2.05, 4.69) is 21.7 Å². The summed E-state index contributed by atoms with van der Waals surface area (Å²) in [6.45, 7) is 3.85. The van der Waals surface area contributed by atoms with Gasteiger partial charge in [0.25, 0.3) is 0 Å². The van der Waals surface area contributed by atoms with Crippen LogP contribution in [0.15, 0.2) is 22.5 Å². The lowest BCUT2D eigenvalue weighted by Gasteiger charge is -2.11. The van der Waals surface area contributed by atoms with E-state index in [1.807, 2.05) is 18.4 Å². The molecule has 0 amide bonds. The summed E-state index contributed by atoms with van der Waals surface area (Å²) in [6, 6.07) is 4.09. The summed E-state index contributed by atoms with van der Waals surface area (Å²) in [5, 5.41) is 8.32. The highest BCUT2D eigenvalue weighted by Gasteiger charge is 2.25. The van der Waals surface area contributed by atoms with Crippen LogP contribution in [-0.2, 0) is 6.42 Å². The summed E-state index contributed by atoms with van der Waals surface area (Å²) < 4.78 is 36.0. The molecule has 1 rings (SSSR count). The van der Waals surface area contributed by atoms with E-state index in [9.17, 15) is 13.2 Å². The van der Waals surface area contributed by atoms with Gasteiger partial charge in [0.15, 0.2) is 5.96 Å². The Kier molecular flexibility index (Phi) is 11.7. The van der Waals surface area contributed by atoms with Gasteiger partial charge in [0.2, 0.25) is 0 Å². The minimum atomic E-state index is -4.06. The Morgan fingerprint density at radius 3 is 2.64 bits per heavy atom. The standard InChI is InChI=1S/C14H22F3N3S.HI/c1-2-18-13(19-9-4-3-8-14(15,16)17)20-10-7-12-6-5-11-21-12;/h5-6,11H,2-4,7-10H2,1H3,(H2,18,19,20);1H. The maximum absolute atomic E-state index is 12.0. The van der Waals surface area contributed by atoms with Crippen LogP contribution in [0, 0.1) is 0 Å². The average Bonchev–Trinajstić information content (AvgIpc) is 2.90. The molecule has 128 valence electrons. The normalized spacial score (nSPS) is 11.9. The van der Waals surface area contributed by atoms with Crippen LogP contribution in [0.5, 0.6) is 0 Å². The van der Waals surface area contributed by atoms with E-state index in [4.69, 9.17) is 0 Å². The molecule has 0 saturated heterocycles. The molecule has 0 aliphatic carbocycles. The van der Waals surface area contributed by atoms with Gasteiger partial charge in [-0.15, -0.1) is 35.3 Å². The van der Waals surface area contributed by atoms with Crippen molar-refractivity contribution in [1.29, 1.82) is 0 Å². The fourth-order valence-electron chi connectivity index (χ4n) is 1.73. The van der Waals surface area contributed by atoms with Crippen LogP contribution < -0.4 is 10.6 Å². The summed E-state index contributed by atoms with van der Waals surface area (Å²) in [4.78, 5) is 5.58. The minimum Gasteiger partial charge on any atom is -0.357 e. The molecule has 1 aromatic heterocycles. The number of nitrogens with zero attached hydrogens (tertiary/aromatic N) is 1. The van der Waals surface area contributed by atoms with Gasteiger partial charge < -0.3 is 10.6 Å². The van der Waals surface area contributed by atoms with Crippen molar-refractivity contribution in [2.75, 3.05) is 19.6 Å². The second kappa shape index (κ2) is 12.0. The number of aliphatic imine (C=N–C) groups is 1. The van der Waals surface area contributed by atoms with Gasteiger partial charge in [0.1, 0.15) is 0 Å². The Balaban J connectivity index is 0.00000441. The Morgan fingerprint density at radius 1 is 1.27 bits per heavy atom. The third-order valence-electron chi connectivity index (χ3n) is 2.73. The first-order valence-electron chi connectivity index (χ1n) is 7.12. The van der Waals surface area contributed by atoms with Crippen LogP contribution in [0.1, 0.15) is 31.1 Å². The summed E-state index contributed by atoms with van der Waals surface area (Å²) in [7, 11) is 0. The van der Waals surface area contributed by atoms with Crippen LogP contribution in [-0.4, -0.2) is 31.8 Å². The number of unbranched alkanes of at least 4 members (excludes halogenated alkanes) is 1. The SMILES string of the molecule is CCNC(=NCCCCC(F)(F)F)NCCc1cccs1.I. The van der Waals surface area contributed by atoms with Crippen molar-refractivity contribution in [3.8, 4) is 0 Å². The molecule has 22 heavy (non-hydrogen) atoms. The van der Waals surface area contributed by atoms with E-state index in [1.54, 1.807) is 11.3 Å². The second-order valence-electron chi connectivity index (χ2n) is 4.59. The van der Waals surface area contributed by atoms with Crippen LogP contribution in [0.3, 0.4) is 0 Å². The van der Waals surface area contributed by atoms with Crippen molar-refractivity contribution >= 4 is 41.3 Å². The van der Waals surface area contributed by atoms with Crippen molar-refractivity contribution < 1.29 is 13.2 Å². The molecule has 1 heterocycles. The first-order chi connectivity index (χ1) is 10.0. The van der Waals surface area contributed by atoms with E-state index in [1.165, 1.54) is 4.88 Å². The van der Waals surface area contributed by atoms with Crippen molar-refractivity contribution in [2.24, 2.45) is 4.99 Å². The lowest BCUT2D eigenvalue weighted by Crippen LogP contribution is -2.38. The van der Waals surface area contributed by atoms with E-state index in [0.717, 1.165) is 19.5 Å². The molecule has 8 heteroatoms. The second-order valence-corrected chi connectivity index (χ2v) is 5.62. The maximum Gasteiger partial charge on any atom is 0.389 e. The van der Waals surface area contributed by atoms with Gasteiger partial charge in [0, 0.05) is 30.9 Å². The molecule has 0 saturated carbocycles. The molecule has 0 aromatic carbocycles. The molecule has 3 nitrogen and oxygen atoms in total. The van der Waals surface area contributed by atoms with Crippen LogP contribution in [0.25, 0.3) is 0 Å². The molecule has 0 fully saturated rings. The number of nitrogens with one attached hydrogen (secondary N) is 2. The van der Waals surface area contributed by atoms with Crippen molar-refractivity contribution in [3.63, 3.8) is 0 Å². The fourth-order valence-corrected chi connectivity index (χ4v) is 2.44. The van der Waals surface area contributed by atoms with Gasteiger partial charge in [-0.3, -0.25) is 4.99 Å². The number of rotatable bonds is 8. The molecule has 2 N–H and O–H groups in total. The summed E-state index contributed by atoms with van der Waals surface area (Å²) >= 11 is 1.71. The summed E-state index contributed by atoms with van der Waals surface area (Å²) in [5.41, 5.74) is 0. The molecule has 0 radical (unpaired) electrons. The largest absolute Gasteiger partial charge is 0.389 e.